The fourth-order valence-electron chi connectivity index (χ4n) is 1.07. The molecule has 0 saturated carbocycles. The summed E-state index contributed by atoms with van der Waals surface area (Å²) in [6.45, 7) is 8.55. The molecule has 2 rings (SSSR count). The molecule has 0 unspecified atom stereocenters. The molecule has 0 N–H and O–H groups in total. The van der Waals surface area contributed by atoms with Gasteiger partial charge in [-0.3, -0.25) is 9.97 Å². The molecule has 2 nitrogen and oxygen atoms in total. The van der Waals surface area contributed by atoms with Crippen molar-refractivity contribution in [2.75, 3.05) is 0 Å². The fourth-order valence-corrected chi connectivity index (χ4v) is 1.07. The molecule has 0 fully saturated rings. The van der Waals surface area contributed by atoms with Crippen molar-refractivity contribution in [3.8, 4) is 0 Å². The first kappa shape index (κ1) is 11.6. The second kappa shape index (κ2) is 5.44. The van der Waals surface area contributed by atoms with E-state index in [1.807, 2.05) is 25.1 Å². The van der Waals surface area contributed by atoms with Gasteiger partial charge in [0.25, 0.3) is 0 Å². The monoisotopic (exact) mass is 202 g/mol. The molecule has 2 aromatic rings. The van der Waals surface area contributed by atoms with Gasteiger partial charge in [0.2, 0.25) is 0 Å². The summed E-state index contributed by atoms with van der Waals surface area (Å²) in [5, 5.41) is 0. The van der Waals surface area contributed by atoms with Crippen LogP contribution in [0.1, 0.15) is 26.3 Å². The van der Waals surface area contributed by atoms with Crippen LogP contribution in [0, 0.1) is 12.8 Å². The Bertz CT molecular complexity index is 419. The number of rotatable bonds is 0. The van der Waals surface area contributed by atoms with Crippen molar-refractivity contribution in [2.45, 2.75) is 27.7 Å². The normalized spacial score (nSPS) is 9.93. The summed E-state index contributed by atoms with van der Waals surface area (Å²) in [7, 11) is 0. The van der Waals surface area contributed by atoms with Crippen LogP contribution in [0.25, 0.3) is 11.0 Å². The number of aromatic nitrogens is 2. The van der Waals surface area contributed by atoms with Gasteiger partial charge in [0.05, 0.1) is 11.0 Å². The zero-order chi connectivity index (χ0) is 11.3. The minimum absolute atomic E-state index is 0.833. The molecule has 0 spiro atoms. The molecular weight excluding hydrogens is 184 g/mol. The molecule has 0 aliphatic carbocycles. The van der Waals surface area contributed by atoms with Crippen molar-refractivity contribution in [1.29, 1.82) is 0 Å². The van der Waals surface area contributed by atoms with E-state index in [0.29, 0.717) is 0 Å². The predicted molar refractivity (Wildman–Crippen MR) is 64.8 cm³/mol. The van der Waals surface area contributed by atoms with Crippen molar-refractivity contribution in [3.05, 3.63) is 36.2 Å². The Morgan fingerprint density at radius 2 is 1.47 bits per heavy atom. The van der Waals surface area contributed by atoms with E-state index in [1.54, 1.807) is 12.4 Å². The lowest BCUT2D eigenvalue weighted by Gasteiger charge is -1.95. The van der Waals surface area contributed by atoms with Gasteiger partial charge in [-0.05, 0) is 30.5 Å². The van der Waals surface area contributed by atoms with Crippen LogP contribution in [-0.2, 0) is 0 Å². The van der Waals surface area contributed by atoms with Crippen LogP contribution in [-0.4, -0.2) is 9.97 Å². The van der Waals surface area contributed by atoms with E-state index in [2.05, 4.69) is 30.7 Å². The van der Waals surface area contributed by atoms with Crippen molar-refractivity contribution in [2.24, 2.45) is 5.92 Å². The summed E-state index contributed by atoms with van der Waals surface area (Å²) in [4.78, 5) is 8.34. The van der Waals surface area contributed by atoms with Crippen LogP contribution in [0.2, 0.25) is 0 Å². The number of hydrogen-bond acceptors (Lipinski definition) is 2. The first-order chi connectivity index (χ1) is 7.09. The highest BCUT2D eigenvalue weighted by atomic mass is 14.8. The van der Waals surface area contributed by atoms with Crippen LogP contribution in [0.4, 0.5) is 0 Å². The highest BCUT2D eigenvalue weighted by Crippen LogP contribution is 2.08. The maximum atomic E-state index is 4.18. The van der Waals surface area contributed by atoms with Crippen LogP contribution < -0.4 is 0 Å². The average molecular weight is 202 g/mol. The van der Waals surface area contributed by atoms with E-state index in [0.717, 1.165) is 17.0 Å². The van der Waals surface area contributed by atoms with Crippen molar-refractivity contribution >= 4 is 11.0 Å². The number of benzene rings is 1. The molecule has 0 amide bonds. The Hall–Kier alpha value is -1.44. The van der Waals surface area contributed by atoms with Gasteiger partial charge >= 0.3 is 0 Å². The van der Waals surface area contributed by atoms with E-state index < -0.39 is 0 Å². The second-order valence-electron chi connectivity index (χ2n) is 4.28. The maximum Gasteiger partial charge on any atom is 0.0889 e. The smallest absolute Gasteiger partial charge is 0.0889 e. The minimum atomic E-state index is 0.833. The van der Waals surface area contributed by atoms with Crippen LogP contribution in [0.5, 0.6) is 0 Å². The highest BCUT2D eigenvalue weighted by molar-refractivity contribution is 5.74. The maximum absolute atomic E-state index is 4.18. The molecule has 1 aromatic carbocycles. The van der Waals surface area contributed by atoms with E-state index in [-0.39, 0.29) is 0 Å². The molecule has 2 heteroatoms. The number of fused-ring (bicyclic) bond motifs is 1. The zero-order valence-corrected chi connectivity index (χ0v) is 9.86. The predicted octanol–water partition coefficient (Wildman–Crippen LogP) is 3.60. The third-order valence-electron chi connectivity index (χ3n) is 1.62. The Morgan fingerprint density at radius 1 is 0.933 bits per heavy atom. The Kier molecular flexibility index (Phi) is 4.22. The van der Waals surface area contributed by atoms with Crippen LogP contribution in [0.15, 0.2) is 30.6 Å². The van der Waals surface area contributed by atoms with Gasteiger partial charge in [-0.15, -0.1) is 0 Å². The quantitative estimate of drug-likeness (QED) is 0.652. The first-order valence-corrected chi connectivity index (χ1v) is 5.27. The number of aryl methyl sites for hydroxylation is 1. The Balaban J connectivity index is 0.000000245. The highest BCUT2D eigenvalue weighted by Gasteiger charge is 1.92. The molecule has 0 aliphatic heterocycles. The van der Waals surface area contributed by atoms with E-state index >= 15 is 0 Å². The molecule has 0 saturated heterocycles. The summed E-state index contributed by atoms with van der Waals surface area (Å²) < 4.78 is 0. The molecule has 15 heavy (non-hydrogen) atoms. The molecule has 0 bridgehead atoms. The number of hydrogen-bond donors (Lipinski definition) is 0. The van der Waals surface area contributed by atoms with Crippen molar-refractivity contribution in [1.82, 2.24) is 9.97 Å². The van der Waals surface area contributed by atoms with Gasteiger partial charge in [-0.1, -0.05) is 26.8 Å². The molecule has 1 aromatic heterocycles. The number of nitrogens with zero attached hydrogens (tertiary/aromatic N) is 2. The fraction of sp³-hybridized carbons (Fsp3) is 0.385. The molecule has 80 valence electrons. The van der Waals surface area contributed by atoms with E-state index in [4.69, 9.17) is 0 Å². The summed E-state index contributed by atoms with van der Waals surface area (Å²) in [5.41, 5.74) is 3.14. The zero-order valence-electron chi connectivity index (χ0n) is 9.86. The molecule has 1 heterocycles. The summed E-state index contributed by atoms with van der Waals surface area (Å²) in [6, 6.07) is 6.05. The lowest BCUT2D eigenvalue weighted by molar-refractivity contribution is 0.737. The first-order valence-electron chi connectivity index (χ1n) is 5.27. The topological polar surface area (TPSA) is 25.8 Å². The molecule has 0 atom stereocenters. The SMILES string of the molecule is CC(C)C.Cc1ccc2nccnc2c1. The summed E-state index contributed by atoms with van der Waals surface area (Å²) in [5.74, 6) is 0.833. The van der Waals surface area contributed by atoms with Crippen LogP contribution >= 0.6 is 0 Å². The summed E-state index contributed by atoms with van der Waals surface area (Å²) in [6.07, 6.45) is 3.42. The third-order valence-corrected chi connectivity index (χ3v) is 1.62. The average Bonchev–Trinajstić information content (AvgIpc) is 2.16. The van der Waals surface area contributed by atoms with E-state index in [1.165, 1.54) is 5.56 Å². The van der Waals surface area contributed by atoms with Gasteiger partial charge in [0, 0.05) is 12.4 Å². The van der Waals surface area contributed by atoms with Crippen LogP contribution in [0.3, 0.4) is 0 Å². The molecule has 0 aliphatic rings. The lowest BCUT2D eigenvalue weighted by Crippen LogP contribution is -1.81. The summed E-state index contributed by atoms with van der Waals surface area (Å²) >= 11 is 0. The lowest BCUT2D eigenvalue weighted by atomic mass is 10.2. The molecule has 0 radical (unpaired) electrons. The van der Waals surface area contributed by atoms with Gasteiger partial charge in [-0.2, -0.15) is 0 Å². The largest absolute Gasteiger partial charge is 0.253 e. The Morgan fingerprint density at radius 3 is 2.07 bits per heavy atom. The minimum Gasteiger partial charge on any atom is -0.253 e. The molecular formula is C13H18N2. The third kappa shape index (κ3) is 4.07. The van der Waals surface area contributed by atoms with E-state index in [9.17, 15) is 0 Å². The van der Waals surface area contributed by atoms with Gasteiger partial charge < -0.3 is 0 Å². The Labute approximate surface area is 91.4 Å². The second-order valence-corrected chi connectivity index (χ2v) is 4.28. The van der Waals surface area contributed by atoms with Gasteiger partial charge in [0.15, 0.2) is 0 Å². The van der Waals surface area contributed by atoms with Gasteiger partial charge in [0.1, 0.15) is 0 Å². The van der Waals surface area contributed by atoms with Crippen molar-refractivity contribution < 1.29 is 0 Å². The van der Waals surface area contributed by atoms with Crippen molar-refractivity contribution in [3.63, 3.8) is 0 Å². The van der Waals surface area contributed by atoms with Gasteiger partial charge in [-0.25, -0.2) is 0 Å². The standard InChI is InChI=1S/C9H8N2.C4H10/c1-7-2-3-8-9(6-7)11-5-4-10-8;1-4(2)3/h2-6H,1H3;4H,1-3H3.